The predicted molar refractivity (Wildman–Crippen MR) is 171 cm³/mol. The molecule has 244 valence electrons. The molecule has 2 aromatic heterocycles. The second-order valence-electron chi connectivity index (χ2n) is 12.0. The molecule has 2 heterocycles. The molecule has 1 atom stereocenters. The monoisotopic (exact) mass is 641 g/mol. The Labute approximate surface area is 263 Å². The number of imidazole rings is 1. The Balaban J connectivity index is 1.56. The van der Waals surface area contributed by atoms with E-state index in [1.807, 2.05) is 25.3 Å². The highest BCUT2D eigenvalue weighted by atomic mass is 35.5. The maximum absolute atomic E-state index is 12.9. The standard InChI is InChI=1S/C31H52ClN5O5S/c1-22(2)26(30(39)42-6)34-25(38)20-18-16-14-12-10-8-7-9-11-13-15-17-19-21-37-24(5)33-28-27(37)29(36-31(32)35-28)43(40,41)23(3)4/h22-23,26H,7-21H2,1-6H3,(H,34,38)/t26-/m0/s1. The molecular weight excluding hydrogens is 590 g/mol. The molecule has 0 saturated carbocycles. The number of hydrogen-bond acceptors (Lipinski definition) is 8. The fraction of sp³-hybridized carbons (Fsp3) is 0.774. The van der Waals surface area contributed by atoms with Gasteiger partial charge < -0.3 is 14.6 Å². The Kier molecular flexibility index (Phi) is 15.9. The lowest BCUT2D eigenvalue weighted by atomic mass is 10.0. The van der Waals surface area contributed by atoms with Gasteiger partial charge in [0.25, 0.3) is 0 Å². The van der Waals surface area contributed by atoms with Gasteiger partial charge in [-0.05, 0) is 51.1 Å². The maximum Gasteiger partial charge on any atom is 0.328 e. The second kappa shape index (κ2) is 18.5. The number of ether oxygens (including phenoxy) is 1. The van der Waals surface area contributed by atoms with E-state index in [0.29, 0.717) is 30.0 Å². The van der Waals surface area contributed by atoms with Crippen LogP contribution < -0.4 is 5.32 Å². The first kappa shape index (κ1) is 36.9. The third-order valence-corrected chi connectivity index (χ3v) is 10.1. The van der Waals surface area contributed by atoms with E-state index in [9.17, 15) is 18.0 Å². The van der Waals surface area contributed by atoms with Gasteiger partial charge in [-0.3, -0.25) is 4.79 Å². The molecule has 0 bridgehead atoms. The van der Waals surface area contributed by atoms with Crippen molar-refractivity contribution in [3.8, 4) is 0 Å². The van der Waals surface area contributed by atoms with Gasteiger partial charge in [0, 0.05) is 13.0 Å². The first-order valence-corrected chi connectivity index (χ1v) is 17.8. The summed E-state index contributed by atoms with van der Waals surface area (Å²) in [7, 11) is -2.29. The number of methoxy groups -OCH3 is 1. The number of hydrogen-bond donors (Lipinski definition) is 1. The molecule has 0 fully saturated rings. The number of amides is 1. The molecular formula is C31H52ClN5O5S. The zero-order chi connectivity index (χ0) is 32.0. The van der Waals surface area contributed by atoms with E-state index in [0.717, 1.165) is 38.5 Å². The zero-order valence-corrected chi connectivity index (χ0v) is 28.5. The number of aromatic nitrogens is 4. The highest BCUT2D eigenvalue weighted by molar-refractivity contribution is 7.92. The molecule has 10 nitrogen and oxygen atoms in total. The van der Waals surface area contributed by atoms with Crippen molar-refractivity contribution in [2.24, 2.45) is 5.92 Å². The molecule has 0 aliphatic rings. The molecule has 43 heavy (non-hydrogen) atoms. The number of sulfone groups is 1. The van der Waals surface area contributed by atoms with E-state index in [-0.39, 0.29) is 22.1 Å². The number of nitrogens with zero attached hydrogens (tertiary/aromatic N) is 4. The van der Waals surface area contributed by atoms with Crippen molar-refractivity contribution in [1.82, 2.24) is 24.8 Å². The quantitative estimate of drug-likeness (QED) is 0.0685. The maximum atomic E-state index is 12.9. The van der Waals surface area contributed by atoms with Gasteiger partial charge >= 0.3 is 5.97 Å². The van der Waals surface area contributed by atoms with Crippen LogP contribution in [0.25, 0.3) is 11.2 Å². The second-order valence-corrected chi connectivity index (χ2v) is 14.8. The minimum Gasteiger partial charge on any atom is -0.467 e. The molecule has 2 rings (SSSR count). The number of aryl methyl sites for hydroxylation is 2. The van der Waals surface area contributed by atoms with E-state index < -0.39 is 27.1 Å². The average Bonchev–Trinajstić information content (AvgIpc) is 3.26. The zero-order valence-electron chi connectivity index (χ0n) is 27.0. The van der Waals surface area contributed by atoms with Crippen LogP contribution in [0, 0.1) is 12.8 Å². The summed E-state index contributed by atoms with van der Waals surface area (Å²) in [6.45, 7) is 9.58. The van der Waals surface area contributed by atoms with E-state index >= 15 is 0 Å². The van der Waals surface area contributed by atoms with Crippen LogP contribution in [-0.2, 0) is 30.7 Å². The van der Waals surface area contributed by atoms with Crippen LogP contribution >= 0.6 is 11.6 Å². The van der Waals surface area contributed by atoms with E-state index in [2.05, 4.69) is 20.3 Å². The summed E-state index contributed by atoms with van der Waals surface area (Å²) in [6, 6.07) is -0.577. The molecule has 0 spiro atoms. The van der Waals surface area contributed by atoms with Gasteiger partial charge in [-0.15, -0.1) is 0 Å². The summed E-state index contributed by atoms with van der Waals surface area (Å²) < 4.78 is 32.6. The van der Waals surface area contributed by atoms with Gasteiger partial charge in [-0.2, -0.15) is 4.98 Å². The third-order valence-electron chi connectivity index (χ3n) is 7.85. The minimum atomic E-state index is -3.63. The van der Waals surface area contributed by atoms with Crippen molar-refractivity contribution in [1.29, 1.82) is 0 Å². The normalized spacial score (nSPS) is 12.8. The smallest absolute Gasteiger partial charge is 0.328 e. The molecule has 1 amide bonds. The van der Waals surface area contributed by atoms with Gasteiger partial charge in [0.05, 0.1) is 12.4 Å². The predicted octanol–water partition coefficient (Wildman–Crippen LogP) is 6.75. The number of esters is 1. The fourth-order valence-corrected chi connectivity index (χ4v) is 6.50. The van der Waals surface area contributed by atoms with Gasteiger partial charge in [-0.1, -0.05) is 84.5 Å². The van der Waals surface area contributed by atoms with Gasteiger partial charge in [0.2, 0.25) is 11.2 Å². The highest BCUT2D eigenvalue weighted by Gasteiger charge is 2.28. The summed E-state index contributed by atoms with van der Waals surface area (Å²) in [5, 5.41) is 2.04. The van der Waals surface area contributed by atoms with Crippen LogP contribution in [0.4, 0.5) is 0 Å². The van der Waals surface area contributed by atoms with Crippen LogP contribution in [0.5, 0.6) is 0 Å². The lowest BCUT2D eigenvalue weighted by Crippen LogP contribution is -2.44. The van der Waals surface area contributed by atoms with Crippen LogP contribution in [-0.4, -0.2) is 58.2 Å². The van der Waals surface area contributed by atoms with Crippen molar-refractivity contribution < 1.29 is 22.7 Å². The molecule has 0 unspecified atom stereocenters. The van der Waals surface area contributed by atoms with Crippen molar-refractivity contribution >= 4 is 44.5 Å². The van der Waals surface area contributed by atoms with Crippen LogP contribution in [0.1, 0.15) is 123 Å². The number of fused-ring (bicyclic) bond motifs is 1. The van der Waals surface area contributed by atoms with Crippen LogP contribution in [0.2, 0.25) is 5.28 Å². The summed E-state index contributed by atoms with van der Waals surface area (Å²) >= 11 is 6.02. The van der Waals surface area contributed by atoms with Crippen molar-refractivity contribution in [2.75, 3.05) is 7.11 Å². The lowest BCUT2D eigenvalue weighted by Gasteiger charge is -2.19. The summed E-state index contributed by atoms with van der Waals surface area (Å²) in [5.74, 6) is 0.240. The topological polar surface area (TPSA) is 133 Å². The molecule has 0 aromatic carbocycles. The Bertz CT molecular complexity index is 1280. The first-order chi connectivity index (χ1) is 20.4. The number of unbranched alkanes of at least 4 members (excludes halogenated alkanes) is 12. The van der Waals surface area contributed by atoms with Gasteiger partial charge in [-0.25, -0.2) is 23.2 Å². The van der Waals surface area contributed by atoms with Crippen molar-refractivity contribution in [3.05, 3.63) is 11.1 Å². The third kappa shape index (κ3) is 11.6. The Morgan fingerprint density at radius 1 is 0.837 bits per heavy atom. The first-order valence-electron chi connectivity index (χ1n) is 15.9. The molecule has 2 aromatic rings. The largest absolute Gasteiger partial charge is 0.467 e. The number of halogens is 1. The Morgan fingerprint density at radius 2 is 1.35 bits per heavy atom. The molecule has 0 aliphatic carbocycles. The summed E-state index contributed by atoms with van der Waals surface area (Å²) in [5.41, 5.74) is 0.785. The van der Waals surface area contributed by atoms with E-state index in [1.165, 1.54) is 52.1 Å². The lowest BCUT2D eigenvalue weighted by molar-refractivity contribution is -0.146. The average molecular weight is 642 g/mol. The molecule has 12 heteroatoms. The number of carbonyl (C=O) groups is 2. The molecule has 1 N–H and O–H groups in total. The van der Waals surface area contributed by atoms with E-state index in [1.54, 1.807) is 13.8 Å². The van der Waals surface area contributed by atoms with Crippen molar-refractivity contribution in [3.63, 3.8) is 0 Å². The molecule has 0 saturated heterocycles. The Hall–Kier alpha value is -2.27. The van der Waals surface area contributed by atoms with Gasteiger partial charge in [0.15, 0.2) is 20.5 Å². The van der Waals surface area contributed by atoms with Crippen LogP contribution in [0.3, 0.4) is 0 Å². The number of nitrogens with one attached hydrogen (secondary N) is 1. The highest BCUT2D eigenvalue weighted by Crippen LogP contribution is 2.26. The minimum absolute atomic E-state index is 0.000481. The fourth-order valence-electron chi connectivity index (χ4n) is 5.15. The van der Waals surface area contributed by atoms with Crippen molar-refractivity contribution in [2.45, 2.75) is 147 Å². The Morgan fingerprint density at radius 3 is 1.84 bits per heavy atom. The summed E-state index contributed by atoms with van der Waals surface area (Å²) in [4.78, 5) is 36.6. The number of rotatable bonds is 21. The molecule has 0 radical (unpaired) electrons. The molecule has 0 aliphatic heterocycles. The summed E-state index contributed by atoms with van der Waals surface area (Å²) in [6.07, 6.45) is 15.2. The number of carbonyl (C=O) groups excluding carboxylic acids is 2. The van der Waals surface area contributed by atoms with E-state index in [4.69, 9.17) is 16.3 Å². The van der Waals surface area contributed by atoms with Crippen LogP contribution in [0.15, 0.2) is 5.03 Å². The SMILES string of the molecule is COC(=O)[C@@H](NC(=O)CCCCCCCCCCCCCCCn1c(C)nc2nc(Cl)nc(S(=O)(=O)C(C)C)c21)C(C)C. The van der Waals surface area contributed by atoms with Gasteiger partial charge in [0.1, 0.15) is 17.4 Å².